The first-order chi connectivity index (χ1) is 8.79. The van der Waals surface area contributed by atoms with Gasteiger partial charge >= 0.3 is 0 Å². The third-order valence-corrected chi connectivity index (χ3v) is 2.84. The molecule has 0 heterocycles. The van der Waals surface area contributed by atoms with Gasteiger partial charge in [0.1, 0.15) is 0 Å². The molecular formula is C14H14N2OS. The molecule has 0 aliphatic carbocycles. The highest BCUT2D eigenvalue weighted by Gasteiger charge is 2.05. The smallest absolute Gasteiger partial charge is 0.255 e. The minimum atomic E-state index is -0.100. The molecule has 4 heteroatoms. The van der Waals surface area contributed by atoms with Crippen LogP contribution < -0.4 is 10.0 Å². The molecule has 0 saturated heterocycles. The number of anilines is 2. The number of rotatable bonds is 4. The van der Waals surface area contributed by atoms with Crippen molar-refractivity contribution in [1.82, 2.24) is 0 Å². The van der Waals surface area contributed by atoms with E-state index >= 15 is 0 Å². The molecule has 1 amide bonds. The highest BCUT2D eigenvalue weighted by molar-refractivity contribution is 7.99. The molecule has 0 atom stereocenters. The lowest BCUT2D eigenvalue weighted by Crippen LogP contribution is -2.11. The molecule has 0 fully saturated rings. The number of hydrogen-bond donors (Lipinski definition) is 2. The lowest BCUT2D eigenvalue weighted by molar-refractivity contribution is 0.102. The molecule has 2 aromatic carbocycles. The fourth-order valence-corrected chi connectivity index (χ4v) is 1.90. The van der Waals surface area contributed by atoms with Crippen LogP contribution in [0.2, 0.25) is 0 Å². The SMILES string of the molecule is CSNc1ccc(C(=O)Nc2ccccc2)cc1. The average molecular weight is 258 g/mol. The minimum Gasteiger partial charge on any atom is -0.330 e. The first-order valence-corrected chi connectivity index (χ1v) is 6.77. The number of carbonyl (C=O) groups is 1. The minimum absolute atomic E-state index is 0.100. The van der Waals surface area contributed by atoms with Crippen LogP contribution in [0.5, 0.6) is 0 Å². The highest BCUT2D eigenvalue weighted by atomic mass is 32.2. The van der Waals surface area contributed by atoms with Crippen LogP contribution in [0.4, 0.5) is 11.4 Å². The van der Waals surface area contributed by atoms with Crippen LogP contribution in [-0.4, -0.2) is 12.2 Å². The van der Waals surface area contributed by atoms with E-state index in [-0.39, 0.29) is 5.91 Å². The van der Waals surface area contributed by atoms with E-state index in [2.05, 4.69) is 10.0 Å². The number of nitrogens with one attached hydrogen (secondary N) is 2. The van der Waals surface area contributed by atoms with Gasteiger partial charge in [-0.3, -0.25) is 4.79 Å². The van der Waals surface area contributed by atoms with E-state index in [4.69, 9.17) is 0 Å². The molecule has 0 aliphatic rings. The normalized spacial score (nSPS) is 9.83. The summed E-state index contributed by atoms with van der Waals surface area (Å²) in [5, 5.41) is 2.85. The molecule has 0 saturated carbocycles. The van der Waals surface area contributed by atoms with E-state index < -0.39 is 0 Å². The summed E-state index contributed by atoms with van der Waals surface area (Å²) < 4.78 is 3.11. The molecule has 0 aliphatic heterocycles. The van der Waals surface area contributed by atoms with Gasteiger partial charge in [-0.05, 0) is 36.4 Å². The maximum atomic E-state index is 11.9. The first kappa shape index (κ1) is 12.5. The van der Waals surface area contributed by atoms with Crippen molar-refractivity contribution in [3.63, 3.8) is 0 Å². The Morgan fingerprint density at radius 2 is 1.61 bits per heavy atom. The molecule has 18 heavy (non-hydrogen) atoms. The fraction of sp³-hybridized carbons (Fsp3) is 0.0714. The van der Waals surface area contributed by atoms with Crippen LogP contribution in [0.25, 0.3) is 0 Å². The Bertz CT molecular complexity index is 511. The Labute approximate surface area is 111 Å². The van der Waals surface area contributed by atoms with Gasteiger partial charge in [0.25, 0.3) is 5.91 Å². The number of amides is 1. The van der Waals surface area contributed by atoms with Crippen molar-refractivity contribution in [3.05, 3.63) is 60.2 Å². The van der Waals surface area contributed by atoms with Crippen molar-refractivity contribution in [1.29, 1.82) is 0 Å². The molecule has 2 N–H and O–H groups in total. The second kappa shape index (κ2) is 6.12. The van der Waals surface area contributed by atoms with Gasteiger partial charge in [0.05, 0.1) is 0 Å². The van der Waals surface area contributed by atoms with Gasteiger partial charge in [0, 0.05) is 23.2 Å². The Morgan fingerprint density at radius 3 is 2.22 bits per heavy atom. The summed E-state index contributed by atoms with van der Waals surface area (Å²) in [5.74, 6) is -0.100. The van der Waals surface area contributed by atoms with E-state index in [0.29, 0.717) is 5.56 Å². The average Bonchev–Trinajstić information content (AvgIpc) is 2.41. The summed E-state index contributed by atoms with van der Waals surface area (Å²) in [4.78, 5) is 11.9. The monoisotopic (exact) mass is 258 g/mol. The van der Waals surface area contributed by atoms with Gasteiger partial charge in [-0.25, -0.2) is 0 Å². The van der Waals surface area contributed by atoms with E-state index in [9.17, 15) is 4.79 Å². The maximum Gasteiger partial charge on any atom is 0.255 e. The summed E-state index contributed by atoms with van der Waals surface area (Å²) in [6.07, 6.45) is 1.95. The molecule has 0 aromatic heterocycles. The van der Waals surface area contributed by atoms with Crippen molar-refractivity contribution >= 4 is 29.2 Å². The number of benzene rings is 2. The lowest BCUT2D eigenvalue weighted by atomic mass is 10.2. The summed E-state index contributed by atoms with van der Waals surface area (Å²) in [6, 6.07) is 16.8. The summed E-state index contributed by atoms with van der Waals surface area (Å²) in [6.45, 7) is 0. The third kappa shape index (κ3) is 3.28. The number of para-hydroxylation sites is 1. The van der Waals surface area contributed by atoms with Crippen molar-refractivity contribution < 1.29 is 4.79 Å². The van der Waals surface area contributed by atoms with Crippen LogP contribution in [0.15, 0.2) is 54.6 Å². The quantitative estimate of drug-likeness (QED) is 0.823. The second-order valence-electron chi connectivity index (χ2n) is 3.70. The van der Waals surface area contributed by atoms with Gasteiger partial charge in [-0.15, -0.1) is 0 Å². The standard InChI is InChI=1S/C14H14N2OS/c1-18-16-13-9-7-11(8-10-13)14(17)15-12-5-3-2-4-6-12/h2-10,16H,1H3,(H,15,17). The van der Waals surface area contributed by atoms with Crippen LogP contribution in [-0.2, 0) is 0 Å². The molecule has 2 rings (SSSR count). The largest absolute Gasteiger partial charge is 0.330 e. The van der Waals surface area contributed by atoms with E-state index in [0.717, 1.165) is 11.4 Å². The zero-order chi connectivity index (χ0) is 12.8. The van der Waals surface area contributed by atoms with Crippen molar-refractivity contribution in [2.75, 3.05) is 16.3 Å². The Morgan fingerprint density at radius 1 is 0.944 bits per heavy atom. The zero-order valence-electron chi connectivity index (χ0n) is 10.0. The van der Waals surface area contributed by atoms with Gasteiger partial charge in [0.15, 0.2) is 0 Å². The Hall–Kier alpha value is -1.94. The molecule has 0 radical (unpaired) electrons. The topological polar surface area (TPSA) is 41.1 Å². The van der Waals surface area contributed by atoms with Gasteiger partial charge in [-0.1, -0.05) is 30.1 Å². The fourth-order valence-electron chi connectivity index (χ4n) is 1.53. The van der Waals surface area contributed by atoms with Crippen LogP contribution in [0.1, 0.15) is 10.4 Å². The van der Waals surface area contributed by atoms with Gasteiger partial charge in [-0.2, -0.15) is 0 Å². The van der Waals surface area contributed by atoms with Crippen LogP contribution >= 0.6 is 11.9 Å². The summed E-state index contributed by atoms with van der Waals surface area (Å²) in [7, 11) is 0. The highest BCUT2D eigenvalue weighted by Crippen LogP contribution is 2.14. The number of hydrogen-bond acceptors (Lipinski definition) is 3. The van der Waals surface area contributed by atoms with E-state index in [1.54, 1.807) is 12.1 Å². The van der Waals surface area contributed by atoms with Crippen molar-refractivity contribution in [3.8, 4) is 0 Å². The van der Waals surface area contributed by atoms with Crippen LogP contribution in [0.3, 0.4) is 0 Å². The molecule has 2 aromatic rings. The third-order valence-electron chi connectivity index (χ3n) is 2.40. The molecule has 0 bridgehead atoms. The Kier molecular flexibility index (Phi) is 4.25. The molecular weight excluding hydrogens is 244 g/mol. The number of carbonyl (C=O) groups excluding carboxylic acids is 1. The predicted octanol–water partition coefficient (Wildman–Crippen LogP) is 3.63. The van der Waals surface area contributed by atoms with Gasteiger partial charge in [0.2, 0.25) is 0 Å². The van der Waals surface area contributed by atoms with Crippen molar-refractivity contribution in [2.45, 2.75) is 0 Å². The van der Waals surface area contributed by atoms with Crippen molar-refractivity contribution in [2.24, 2.45) is 0 Å². The predicted molar refractivity (Wildman–Crippen MR) is 78.0 cm³/mol. The van der Waals surface area contributed by atoms with Crippen LogP contribution in [0, 0.1) is 0 Å². The first-order valence-electron chi connectivity index (χ1n) is 5.55. The second-order valence-corrected chi connectivity index (χ2v) is 4.32. The molecule has 3 nitrogen and oxygen atoms in total. The molecule has 92 valence electrons. The zero-order valence-corrected chi connectivity index (χ0v) is 10.8. The maximum absolute atomic E-state index is 11.9. The lowest BCUT2D eigenvalue weighted by Gasteiger charge is -2.06. The van der Waals surface area contributed by atoms with E-state index in [1.807, 2.05) is 48.7 Å². The summed E-state index contributed by atoms with van der Waals surface area (Å²) in [5.41, 5.74) is 2.43. The van der Waals surface area contributed by atoms with Gasteiger partial charge < -0.3 is 10.0 Å². The van der Waals surface area contributed by atoms with E-state index in [1.165, 1.54) is 11.9 Å². The molecule has 0 spiro atoms. The molecule has 0 unspecified atom stereocenters. The summed E-state index contributed by atoms with van der Waals surface area (Å²) >= 11 is 1.52. The Balaban J connectivity index is 2.05.